The Bertz CT molecular complexity index is 348. The minimum atomic E-state index is -1.21. The number of carbonyl (C=O) groups excluding carboxylic acids is 1. The molecule has 0 saturated carbocycles. The summed E-state index contributed by atoms with van der Waals surface area (Å²) in [6.07, 6.45) is -1.68. The quantitative estimate of drug-likeness (QED) is 0.519. The molecule has 0 aliphatic carbocycles. The monoisotopic (exact) mass is 352 g/mol. The first-order chi connectivity index (χ1) is 11.1. The zero-order valence-corrected chi connectivity index (χ0v) is 15.5. The van der Waals surface area contributed by atoms with Gasteiger partial charge in [-0.2, -0.15) is 0 Å². The zero-order valence-electron chi connectivity index (χ0n) is 15.5. The van der Waals surface area contributed by atoms with Crippen LogP contribution in [0, 0.1) is 0 Å². The molecule has 0 aromatic rings. The van der Waals surface area contributed by atoms with Crippen molar-refractivity contribution in [3.05, 3.63) is 0 Å². The van der Waals surface area contributed by atoms with Gasteiger partial charge in [0.15, 0.2) is 0 Å². The minimum absolute atomic E-state index is 0.0704. The minimum Gasteiger partial charge on any atom is -0.444 e. The van der Waals surface area contributed by atoms with Crippen molar-refractivity contribution < 1.29 is 28.1 Å². The van der Waals surface area contributed by atoms with Crippen LogP contribution in [0.1, 0.15) is 34.6 Å². The highest BCUT2D eigenvalue weighted by Gasteiger charge is 2.29. The lowest BCUT2D eigenvalue weighted by Crippen LogP contribution is -2.41. The first-order valence-corrected chi connectivity index (χ1v) is 8.19. The van der Waals surface area contributed by atoms with Gasteiger partial charge in [0, 0.05) is 13.1 Å². The van der Waals surface area contributed by atoms with Crippen LogP contribution in [0.4, 0.5) is 9.18 Å². The van der Waals surface area contributed by atoms with E-state index in [0.717, 1.165) is 0 Å². The van der Waals surface area contributed by atoms with Crippen LogP contribution >= 0.6 is 0 Å². The van der Waals surface area contributed by atoms with Gasteiger partial charge in [-0.25, -0.2) is 9.18 Å². The van der Waals surface area contributed by atoms with Crippen molar-refractivity contribution in [2.45, 2.75) is 52.0 Å². The summed E-state index contributed by atoms with van der Waals surface area (Å²) < 4.78 is 34.6. The van der Waals surface area contributed by atoms with E-state index in [0.29, 0.717) is 33.0 Å². The highest BCUT2D eigenvalue weighted by Crippen LogP contribution is 2.16. The molecule has 0 rings (SSSR count). The fraction of sp³-hybridized carbons (Fsp3) is 0.938. The molecule has 0 saturated heterocycles. The smallest absolute Gasteiger partial charge is 0.407 e. The van der Waals surface area contributed by atoms with Gasteiger partial charge < -0.3 is 30.0 Å². The number of nitrogens with two attached hydrogens (primary N) is 1. The van der Waals surface area contributed by atoms with Crippen molar-refractivity contribution in [3.8, 4) is 0 Å². The van der Waals surface area contributed by atoms with E-state index in [2.05, 4.69) is 5.32 Å². The van der Waals surface area contributed by atoms with Crippen molar-refractivity contribution in [1.82, 2.24) is 5.32 Å². The molecular formula is C16H33FN2O5. The van der Waals surface area contributed by atoms with E-state index in [1.807, 2.05) is 0 Å². The number of hydrogen-bond donors (Lipinski definition) is 2. The molecule has 0 aromatic carbocycles. The molecule has 1 amide bonds. The Morgan fingerprint density at radius 2 is 1.58 bits per heavy atom. The largest absolute Gasteiger partial charge is 0.444 e. The van der Waals surface area contributed by atoms with Crippen LogP contribution in [-0.2, 0) is 18.9 Å². The Kier molecular flexibility index (Phi) is 11.1. The number of rotatable bonds is 12. The van der Waals surface area contributed by atoms with E-state index in [4.69, 9.17) is 24.7 Å². The molecule has 7 nitrogen and oxygen atoms in total. The lowest BCUT2D eigenvalue weighted by Gasteiger charge is -2.28. The molecule has 0 aliphatic heterocycles. The summed E-state index contributed by atoms with van der Waals surface area (Å²) in [5.74, 6) is 0. The summed E-state index contributed by atoms with van der Waals surface area (Å²) in [6.45, 7) is 10.8. The number of hydrogen-bond acceptors (Lipinski definition) is 6. The Balaban J connectivity index is 3.45. The predicted molar refractivity (Wildman–Crippen MR) is 89.9 cm³/mol. The molecule has 8 heteroatoms. The molecule has 24 heavy (non-hydrogen) atoms. The maximum absolute atomic E-state index is 13.5. The molecule has 3 N–H and O–H groups in total. The first-order valence-electron chi connectivity index (χ1n) is 8.19. The Morgan fingerprint density at radius 3 is 2.12 bits per heavy atom. The Hall–Kier alpha value is -0.960. The van der Waals surface area contributed by atoms with Gasteiger partial charge in [0.25, 0.3) is 0 Å². The lowest BCUT2D eigenvalue weighted by atomic mass is 10.0. The van der Waals surface area contributed by atoms with Gasteiger partial charge in [-0.05, 0) is 34.6 Å². The van der Waals surface area contributed by atoms with Crippen molar-refractivity contribution >= 4 is 6.09 Å². The SMILES string of the molecule is CC(C)(C)OC(=O)NCCOCCOCCOC(C)(C)C(F)CN. The first kappa shape index (κ1) is 23.0. The number of amides is 1. The van der Waals surface area contributed by atoms with Gasteiger partial charge in [0.1, 0.15) is 11.8 Å². The highest BCUT2D eigenvalue weighted by atomic mass is 19.1. The van der Waals surface area contributed by atoms with E-state index in [-0.39, 0.29) is 13.2 Å². The van der Waals surface area contributed by atoms with Crippen molar-refractivity contribution in [1.29, 1.82) is 0 Å². The number of nitrogens with one attached hydrogen (secondary N) is 1. The van der Waals surface area contributed by atoms with Crippen molar-refractivity contribution in [2.75, 3.05) is 46.1 Å². The van der Waals surface area contributed by atoms with Crippen LogP contribution < -0.4 is 11.1 Å². The Labute approximate surface area is 144 Å². The average Bonchev–Trinajstić information content (AvgIpc) is 2.46. The molecule has 144 valence electrons. The maximum atomic E-state index is 13.5. The summed E-state index contributed by atoms with van der Waals surface area (Å²) >= 11 is 0. The van der Waals surface area contributed by atoms with Crippen LogP contribution in [0.25, 0.3) is 0 Å². The second-order valence-corrected chi connectivity index (χ2v) is 6.81. The third-order valence-electron chi connectivity index (χ3n) is 2.95. The van der Waals surface area contributed by atoms with Gasteiger partial charge in [0.2, 0.25) is 0 Å². The van der Waals surface area contributed by atoms with Crippen LogP contribution in [0.2, 0.25) is 0 Å². The lowest BCUT2D eigenvalue weighted by molar-refractivity contribution is -0.0877. The second-order valence-electron chi connectivity index (χ2n) is 6.81. The summed E-state index contributed by atoms with van der Waals surface area (Å²) in [5.41, 5.74) is 3.85. The summed E-state index contributed by atoms with van der Waals surface area (Å²) in [5, 5.41) is 2.59. The number of alkyl carbamates (subject to hydrolysis) is 1. The molecule has 0 fully saturated rings. The van der Waals surface area contributed by atoms with Gasteiger partial charge in [-0.3, -0.25) is 0 Å². The van der Waals surface area contributed by atoms with Crippen LogP contribution in [0.3, 0.4) is 0 Å². The molecule has 0 aliphatic rings. The predicted octanol–water partition coefficient (Wildman–Crippen LogP) is 1.64. The van der Waals surface area contributed by atoms with E-state index >= 15 is 0 Å². The molecule has 0 heterocycles. The Morgan fingerprint density at radius 1 is 1.04 bits per heavy atom. The van der Waals surface area contributed by atoms with Crippen LogP contribution in [-0.4, -0.2) is 69.6 Å². The van der Waals surface area contributed by atoms with Gasteiger partial charge in [0.05, 0.1) is 38.6 Å². The standard InChI is InChI=1S/C16H33FN2O5/c1-15(2,3)24-14(20)19-6-7-21-8-9-22-10-11-23-16(4,5)13(17)12-18/h13H,6-12,18H2,1-5H3,(H,19,20). The normalized spacial score (nSPS) is 13.6. The highest BCUT2D eigenvalue weighted by molar-refractivity contribution is 5.67. The molecular weight excluding hydrogens is 319 g/mol. The number of carbonyl (C=O) groups is 1. The molecule has 1 unspecified atom stereocenters. The molecule has 0 aromatic heterocycles. The molecule has 0 radical (unpaired) electrons. The van der Waals surface area contributed by atoms with Crippen molar-refractivity contribution in [2.24, 2.45) is 5.73 Å². The summed E-state index contributed by atoms with van der Waals surface area (Å²) in [6, 6.07) is 0. The molecule has 1 atom stereocenters. The number of ether oxygens (including phenoxy) is 4. The average molecular weight is 352 g/mol. The van der Waals surface area contributed by atoms with Crippen LogP contribution in [0.15, 0.2) is 0 Å². The van der Waals surface area contributed by atoms with Crippen LogP contribution in [0.5, 0.6) is 0 Å². The van der Waals surface area contributed by atoms with Crippen molar-refractivity contribution in [3.63, 3.8) is 0 Å². The van der Waals surface area contributed by atoms with Gasteiger partial charge in [-0.15, -0.1) is 0 Å². The topological polar surface area (TPSA) is 92.0 Å². The number of halogens is 1. The van der Waals surface area contributed by atoms with Gasteiger partial charge >= 0.3 is 6.09 Å². The molecule has 0 bridgehead atoms. The van der Waals surface area contributed by atoms with E-state index in [9.17, 15) is 9.18 Å². The van der Waals surface area contributed by atoms with E-state index in [1.54, 1.807) is 34.6 Å². The summed E-state index contributed by atoms with van der Waals surface area (Å²) in [7, 11) is 0. The second kappa shape index (κ2) is 11.6. The summed E-state index contributed by atoms with van der Waals surface area (Å²) in [4.78, 5) is 11.4. The number of alkyl halides is 1. The molecule has 0 spiro atoms. The fourth-order valence-electron chi connectivity index (χ4n) is 1.60. The third-order valence-corrected chi connectivity index (χ3v) is 2.95. The zero-order chi connectivity index (χ0) is 18.6. The van der Waals surface area contributed by atoms with E-state index < -0.39 is 23.5 Å². The fourth-order valence-corrected chi connectivity index (χ4v) is 1.60. The third kappa shape index (κ3) is 12.5. The maximum Gasteiger partial charge on any atom is 0.407 e. The van der Waals surface area contributed by atoms with Gasteiger partial charge in [-0.1, -0.05) is 0 Å². The van der Waals surface area contributed by atoms with E-state index in [1.165, 1.54) is 0 Å².